The third kappa shape index (κ3) is 13.3. The molecular formula is C57H70N22O25P4S4. The number of aromatic amines is 3. The molecule has 9 aromatic rings. The van der Waals surface area contributed by atoms with Crippen LogP contribution in [-0.2, 0) is 114 Å². The third-order valence-corrected chi connectivity index (χ3v) is 27.5. The molecule has 0 amide bonds. The number of nitrogen functional groups attached to an aromatic ring is 4. The van der Waals surface area contributed by atoms with Gasteiger partial charge in [0.15, 0.2) is 63.9 Å². The van der Waals surface area contributed by atoms with Crippen LogP contribution in [0.1, 0.15) is 83.7 Å². The Balaban J connectivity index is 0.635. The zero-order valence-electron chi connectivity index (χ0n) is 58.7. The number of thiol groups is 1. The predicted molar refractivity (Wildman–Crippen MR) is 395 cm³/mol. The Morgan fingerprint density at radius 2 is 0.982 bits per heavy atom. The largest absolute Gasteiger partial charge is 0.387 e. The fourth-order valence-electron chi connectivity index (χ4n) is 15.6. The summed E-state index contributed by atoms with van der Waals surface area (Å²) in [5, 5.41) is 11.9. The number of aliphatic hydroxyl groups excluding tert-OH is 1. The van der Waals surface area contributed by atoms with E-state index in [1.807, 2.05) is 6.92 Å². The van der Waals surface area contributed by atoms with E-state index in [4.69, 9.17) is 132 Å². The number of imidazole rings is 4. The molecule has 0 aliphatic carbocycles. The summed E-state index contributed by atoms with van der Waals surface area (Å²) in [7, 11) is 0. The van der Waals surface area contributed by atoms with Crippen LogP contribution in [0, 0.1) is 6.92 Å². The molecule has 0 spiro atoms. The number of aryl methyl sites for hydroxylation is 1. The molecule has 602 valence electrons. The summed E-state index contributed by atoms with van der Waals surface area (Å²) in [6, 6.07) is 0. The average Bonchev–Trinajstić information content (AvgIpc) is 1.55. The molecular weight excluding hydrogens is 1640 g/mol. The maximum Gasteiger partial charge on any atom is 0.386 e. The molecule has 0 saturated carbocycles. The van der Waals surface area contributed by atoms with E-state index in [9.17, 15) is 39.0 Å². The number of nitrogens with two attached hydrogens (primary N) is 4. The highest BCUT2D eigenvalue weighted by Crippen LogP contribution is 2.64. The molecule has 6 bridgehead atoms. The summed E-state index contributed by atoms with van der Waals surface area (Å²) in [5.41, 5.74) is 16.2. The molecule has 8 aliphatic heterocycles. The monoisotopic (exact) mass is 1710 g/mol. The number of anilines is 4. The first-order valence-corrected chi connectivity index (χ1v) is 44.8. The van der Waals surface area contributed by atoms with Crippen LogP contribution in [0.25, 0.3) is 44.7 Å². The van der Waals surface area contributed by atoms with Gasteiger partial charge < -0.3 is 98.7 Å². The first-order chi connectivity index (χ1) is 53.1. The minimum atomic E-state index is -4.87. The average molecular weight is 1720 g/mol. The lowest BCUT2D eigenvalue weighted by Gasteiger charge is -2.38. The molecule has 112 heavy (non-hydrogen) atoms. The van der Waals surface area contributed by atoms with Crippen molar-refractivity contribution in [3.63, 3.8) is 0 Å². The molecule has 0 radical (unpaired) electrons. The first-order valence-electron chi connectivity index (χ1n) is 34.3. The molecule has 47 nitrogen and oxygen atoms in total. The number of rotatable bonds is 26. The summed E-state index contributed by atoms with van der Waals surface area (Å²) in [6.07, 6.45) is -12.1. The van der Waals surface area contributed by atoms with Crippen LogP contribution >= 0.6 is 39.2 Å². The van der Waals surface area contributed by atoms with Crippen LogP contribution in [0.4, 0.5) is 23.5 Å². The normalized spacial score (nSPS) is 34.9. The second kappa shape index (κ2) is 28.4. The molecule has 25 atom stereocenters. The van der Waals surface area contributed by atoms with Crippen molar-refractivity contribution < 1.29 is 98.4 Å². The third-order valence-electron chi connectivity index (χ3n) is 21.2. The summed E-state index contributed by atoms with van der Waals surface area (Å²) in [4.78, 5) is 139. The molecule has 8 aliphatic rings. The van der Waals surface area contributed by atoms with Crippen LogP contribution in [-0.4, -0.2) is 230 Å². The van der Waals surface area contributed by atoms with Gasteiger partial charge in [-0.1, -0.05) is 19.2 Å². The number of H-pyrrole nitrogens is 3. The van der Waals surface area contributed by atoms with Gasteiger partial charge in [-0.05, 0) is 69.5 Å². The highest BCUT2D eigenvalue weighted by Gasteiger charge is 2.72. The Morgan fingerprint density at radius 3 is 1.52 bits per heavy atom. The fourth-order valence-corrected chi connectivity index (χ4v) is 21.5. The zero-order chi connectivity index (χ0) is 79.0. The first kappa shape index (κ1) is 78.0. The molecule has 8 saturated heterocycles. The minimum Gasteiger partial charge on any atom is -0.387 e. The molecule has 17 heterocycles. The number of fused-ring (bicyclic) bond motifs is 10. The second-order valence-electron chi connectivity index (χ2n) is 27.7. The van der Waals surface area contributed by atoms with Crippen molar-refractivity contribution in [2.75, 3.05) is 49.4 Å². The second-order valence-corrected chi connectivity index (χ2v) is 39.0. The summed E-state index contributed by atoms with van der Waals surface area (Å²) in [5.74, 6) is -0.313. The Kier molecular flexibility index (Phi) is 19.7. The van der Waals surface area contributed by atoms with Crippen molar-refractivity contribution in [1.82, 2.24) is 87.6 Å². The van der Waals surface area contributed by atoms with Crippen molar-refractivity contribution in [3.05, 3.63) is 91.3 Å². The van der Waals surface area contributed by atoms with Crippen LogP contribution in [0.15, 0.2) is 63.3 Å². The van der Waals surface area contributed by atoms with E-state index < -0.39 is 203 Å². The predicted octanol–water partition coefficient (Wildman–Crippen LogP) is -0.0739. The van der Waals surface area contributed by atoms with E-state index in [0.717, 1.165) is 4.57 Å². The van der Waals surface area contributed by atoms with E-state index in [1.54, 1.807) is 11.5 Å². The maximum absolute atomic E-state index is 15.2. The quantitative estimate of drug-likeness (QED) is 0.0249. The van der Waals surface area contributed by atoms with Gasteiger partial charge in [0.1, 0.15) is 102 Å². The van der Waals surface area contributed by atoms with E-state index in [-0.39, 0.29) is 75.4 Å². The number of hydrogen-bond acceptors (Lipinski definition) is 39. The van der Waals surface area contributed by atoms with Crippen LogP contribution in [0.3, 0.4) is 0 Å². The van der Waals surface area contributed by atoms with Crippen molar-refractivity contribution >= 4 is 143 Å². The number of hydrogen-bond donors (Lipinski definition) is 12. The van der Waals surface area contributed by atoms with Crippen LogP contribution < -0.4 is 45.3 Å². The standard InChI is InChI=1S/C57H70N22O25P4S4/c1-6-24-25(7-28(96-24)76-16-66-30-40(58)62-14-64-42(30)76)101-105(85,109)89-10-27-26(8-29(97-27)77-17-67-31-41(59)63-15-65-43(31)77)102-106(86,110)91-12-57-23(5)95-36(51(100-57)79-19-69-33-45(79)71-53(61)73-48(33)83)39(57)104-108(88,112)92-13-56-22(4)94-35(50(99-56)75-9-20(2)46(81)74-54(75)84)38(56)103-107(87,111)90-11-55-21(3)93-34(37(55)80)49(98-55)78-18-68-32-44(78)70-52(60)72-47(32)82/h9,14-19,21-29,34-39,49-51,80H,6-8,10-13H2,1-5H3,(H,85,109)(H,86,110)(H,87,111)(H,88,112)(H2,58,62,64)(H2,59,63,65)(H,74,81,84)(H3,60,70,72,82)(H3,61,71,73,83)/t21-,22-,23-,24+,25?,26?,27+,28+,29+,34-,35-,36-,37?,38?,39?,49+,50+,51+,55+,56+,57+,105?,106?,107?,108?/m0/s1. The highest BCUT2D eigenvalue weighted by atomic mass is 32.7. The topological polar surface area (TPSA) is 619 Å². The van der Waals surface area contributed by atoms with Crippen molar-refractivity contribution in [2.24, 2.45) is 0 Å². The van der Waals surface area contributed by atoms with Gasteiger partial charge in [0.05, 0.1) is 82.3 Å². The van der Waals surface area contributed by atoms with Crippen molar-refractivity contribution in [3.8, 4) is 0 Å². The van der Waals surface area contributed by atoms with Crippen LogP contribution in [0.5, 0.6) is 0 Å². The number of aliphatic hydroxyl groups is 1. The molecule has 55 heteroatoms. The van der Waals surface area contributed by atoms with E-state index in [2.05, 4.69) is 77.0 Å². The molecule has 9 aromatic heterocycles. The van der Waals surface area contributed by atoms with Gasteiger partial charge in [-0.15, -0.1) is 0 Å². The SMILES string of the molecule is CC[C@H]1O[C@@H](n2cnc3c(N)ncnc32)CC1OP(O)(=S)OC[C@H]1O[C@@H](n2cnc3c(N)ncnc32)CC1OP(=O)(S)OC[C@@]12O[C@@H](n3cnc4c(=O)[nH]c(N)nc43)[C@@H](O[C@H]1C)C2OP(O)(=S)OC[C@@]12O[C@@H](n3cc(C)c(=O)[nH]c3=O)[C@@H](O[C@H]1C)C2OP(O)(=S)OC[C@@]12O[C@@H](n3cnc4c(=O)[nH]c(N)nc43)[C@@H](O[C@H]1C)C2O. The number of nitrogens with zero attached hydrogens (tertiary/aromatic N) is 15. The van der Waals surface area contributed by atoms with Gasteiger partial charge in [-0.25, -0.2) is 49.2 Å². The summed E-state index contributed by atoms with van der Waals surface area (Å²) < 4.78 is 124. The van der Waals surface area contributed by atoms with Gasteiger partial charge in [0.2, 0.25) is 11.9 Å². The molecule has 15 N–H and O–H groups in total. The molecule has 0 aromatic carbocycles. The molecule has 8 fully saturated rings. The minimum absolute atomic E-state index is 0.00718. The number of ether oxygens (including phenoxy) is 8. The lowest BCUT2D eigenvalue weighted by molar-refractivity contribution is -0.218. The number of nitrogens with one attached hydrogen (secondary N) is 3. The van der Waals surface area contributed by atoms with E-state index in [1.165, 1.54) is 78.6 Å². The Bertz CT molecular complexity index is 5730. The fraction of sp³-hybridized carbons (Fsp3) is 0.579. The Hall–Kier alpha value is -6.59. The Labute approximate surface area is 647 Å². The van der Waals surface area contributed by atoms with Crippen LogP contribution in [0.2, 0.25) is 0 Å². The molecule has 17 rings (SSSR count). The zero-order valence-corrected chi connectivity index (χ0v) is 65.6. The van der Waals surface area contributed by atoms with E-state index in [0.29, 0.717) is 17.6 Å². The molecule has 9 unspecified atom stereocenters. The lowest BCUT2D eigenvalue weighted by atomic mass is 9.94. The Morgan fingerprint density at radius 1 is 0.545 bits per heavy atom. The maximum atomic E-state index is 15.2. The summed E-state index contributed by atoms with van der Waals surface area (Å²) in [6.45, 7) is -13.6. The summed E-state index contributed by atoms with van der Waals surface area (Å²) >= 11 is 21.7. The van der Waals surface area contributed by atoms with Gasteiger partial charge in [-0.2, -0.15) is 9.97 Å². The van der Waals surface area contributed by atoms with Crippen molar-refractivity contribution in [2.45, 2.75) is 181 Å². The van der Waals surface area contributed by atoms with E-state index >= 15 is 4.57 Å². The van der Waals surface area contributed by atoms with Gasteiger partial charge >= 0.3 is 32.6 Å². The van der Waals surface area contributed by atoms with Crippen molar-refractivity contribution in [1.29, 1.82) is 0 Å². The van der Waals surface area contributed by atoms with Gasteiger partial charge in [-0.3, -0.25) is 70.3 Å². The van der Waals surface area contributed by atoms with Gasteiger partial charge in [0.25, 0.3) is 16.7 Å². The van der Waals surface area contributed by atoms with Gasteiger partial charge in [0, 0.05) is 24.6 Å². The number of aromatic nitrogens is 18. The lowest BCUT2D eigenvalue weighted by Crippen LogP contribution is -2.52. The highest BCUT2D eigenvalue weighted by molar-refractivity contribution is 8.44. The smallest absolute Gasteiger partial charge is 0.386 e.